The molecular weight excluding hydrogens is 361 g/mol. The van der Waals surface area contributed by atoms with Crippen LogP contribution in [0.25, 0.3) is 11.5 Å². The summed E-state index contributed by atoms with van der Waals surface area (Å²) in [5.41, 5.74) is 2.68. The van der Waals surface area contributed by atoms with Crippen molar-refractivity contribution in [1.29, 1.82) is 5.26 Å². The molecular formula is C19H16FN7O. The molecule has 1 unspecified atom stereocenters. The molecule has 8 nitrogen and oxygen atoms in total. The van der Waals surface area contributed by atoms with Gasteiger partial charge in [-0.25, -0.2) is 19.2 Å². The fourth-order valence-corrected chi connectivity index (χ4v) is 3.23. The average Bonchev–Trinajstić information content (AvgIpc) is 3.12. The first-order valence-electron chi connectivity index (χ1n) is 8.67. The van der Waals surface area contributed by atoms with E-state index in [1.807, 2.05) is 6.92 Å². The van der Waals surface area contributed by atoms with Gasteiger partial charge in [-0.3, -0.25) is 5.10 Å². The van der Waals surface area contributed by atoms with Crippen molar-refractivity contribution in [2.24, 2.45) is 0 Å². The first-order valence-corrected chi connectivity index (χ1v) is 8.67. The molecule has 1 atom stereocenters. The maximum absolute atomic E-state index is 13.5. The van der Waals surface area contributed by atoms with Crippen molar-refractivity contribution < 1.29 is 9.18 Å². The average molecular weight is 377 g/mol. The summed E-state index contributed by atoms with van der Waals surface area (Å²) in [4.78, 5) is 23.0. The Morgan fingerprint density at radius 1 is 1.39 bits per heavy atom. The molecule has 0 saturated heterocycles. The van der Waals surface area contributed by atoms with E-state index >= 15 is 0 Å². The number of amides is 2. The molecule has 28 heavy (non-hydrogen) atoms. The number of nitrogens with zero attached hydrogens (tertiary/aromatic N) is 5. The van der Waals surface area contributed by atoms with E-state index in [0.29, 0.717) is 30.2 Å². The summed E-state index contributed by atoms with van der Waals surface area (Å²) in [5, 5.41) is 19.0. The molecule has 140 valence electrons. The largest absolute Gasteiger partial charge is 0.322 e. The Hall–Kier alpha value is -3.80. The zero-order chi connectivity index (χ0) is 19.7. The molecule has 0 aliphatic carbocycles. The minimum absolute atomic E-state index is 0.0868. The highest BCUT2D eigenvalue weighted by molar-refractivity contribution is 5.90. The fraction of sp³-hybridized carbons (Fsp3) is 0.211. The highest BCUT2D eigenvalue weighted by Gasteiger charge is 2.31. The van der Waals surface area contributed by atoms with E-state index in [-0.39, 0.29) is 17.6 Å². The number of halogens is 1. The van der Waals surface area contributed by atoms with Gasteiger partial charge in [-0.15, -0.1) is 0 Å². The summed E-state index contributed by atoms with van der Waals surface area (Å²) >= 11 is 0. The smallest absolute Gasteiger partial charge is 0.317 e. The van der Waals surface area contributed by atoms with Gasteiger partial charge < -0.3 is 10.2 Å². The van der Waals surface area contributed by atoms with Crippen molar-refractivity contribution >= 4 is 11.7 Å². The Kier molecular flexibility index (Phi) is 4.45. The standard InChI is InChI=1S/C19H16FN7O/c1-11-7-16-14(17(26-25-16)18-22-5-2-6-23-18)10-27(11)19(28)24-13-3-4-15(20)12(8-13)9-21/h2-6,8,11H,7,10H2,1H3,(H,24,28)(H,25,26). The highest BCUT2D eigenvalue weighted by Crippen LogP contribution is 2.29. The third-order valence-corrected chi connectivity index (χ3v) is 4.69. The van der Waals surface area contributed by atoms with E-state index in [1.54, 1.807) is 29.4 Å². The molecule has 2 amide bonds. The normalized spacial score (nSPS) is 15.6. The fourth-order valence-electron chi connectivity index (χ4n) is 3.23. The minimum Gasteiger partial charge on any atom is -0.317 e. The van der Waals surface area contributed by atoms with Crippen LogP contribution in [0.2, 0.25) is 0 Å². The van der Waals surface area contributed by atoms with Crippen LogP contribution in [0, 0.1) is 17.1 Å². The van der Waals surface area contributed by atoms with Crippen LogP contribution >= 0.6 is 0 Å². The van der Waals surface area contributed by atoms with Crippen LogP contribution in [0.1, 0.15) is 23.7 Å². The Balaban J connectivity index is 1.58. The Morgan fingerprint density at radius 3 is 2.93 bits per heavy atom. The van der Waals surface area contributed by atoms with Crippen molar-refractivity contribution in [2.45, 2.75) is 25.9 Å². The second kappa shape index (κ2) is 7.08. The van der Waals surface area contributed by atoms with Crippen LogP contribution in [0.3, 0.4) is 0 Å². The van der Waals surface area contributed by atoms with Gasteiger partial charge in [0.2, 0.25) is 0 Å². The third kappa shape index (κ3) is 3.16. The number of aromatic amines is 1. The molecule has 1 aromatic carbocycles. The van der Waals surface area contributed by atoms with Gasteiger partial charge >= 0.3 is 6.03 Å². The summed E-state index contributed by atoms with van der Waals surface area (Å²) in [6.07, 6.45) is 3.87. The van der Waals surface area contributed by atoms with Crippen LogP contribution in [0.5, 0.6) is 0 Å². The number of aromatic nitrogens is 4. The lowest BCUT2D eigenvalue weighted by Gasteiger charge is -2.33. The number of nitrogens with one attached hydrogen (secondary N) is 2. The lowest BCUT2D eigenvalue weighted by molar-refractivity contribution is 0.182. The van der Waals surface area contributed by atoms with E-state index in [4.69, 9.17) is 5.26 Å². The Morgan fingerprint density at radius 2 is 2.18 bits per heavy atom. The van der Waals surface area contributed by atoms with Gasteiger partial charge in [0.15, 0.2) is 5.82 Å². The molecule has 2 aromatic heterocycles. The number of urea groups is 1. The van der Waals surface area contributed by atoms with Crippen LogP contribution in [0.4, 0.5) is 14.9 Å². The number of nitriles is 1. The molecule has 0 bridgehead atoms. The number of fused-ring (bicyclic) bond motifs is 1. The van der Waals surface area contributed by atoms with Crippen LogP contribution in [0.15, 0.2) is 36.7 Å². The predicted octanol–water partition coefficient (Wildman–Crippen LogP) is 2.86. The molecule has 2 N–H and O–H groups in total. The van der Waals surface area contributed by atoms with Crippen LogP contribution in [-0.2, 0) is 13.0 Å². The Bertz CT molecular complexity index is 1070. The van der Waals surface area contributed by atoms with Gasteiger partial charge in [0.1, 0.15) is 17.6 Å². The number of carbonyl (C=O) groups excluding carboxylic acids is 1. The molecule has 4 rings (SSSR count). The maximum atomic E-state index is 13.5. The second-order valence-corrected chi connectivity index (χ2v) is 6.51. The molecule has 1 aliphatic heterocycles. The highest BCUT2D eigenvalue weighted by atomic mass is 19.1. The SMILES string of the molecule is CC1Cc2n[nH]c(-c3ncccn3)c2CN1C(=O)Nc1ccc(F)c(C#N)c1. The van der Waals surface area contributed by atoms with E-state index in [9.17, 15) is 9.18 Å². The quantitative estimate of drug-likeness (QED) is 0.713. The third-order valence-electron chi connectivity index (χ3n) is 4.69. The van der Waals surface area contributed by atoms with Gasteiger partial charge in [0.25, 0.3) is 0 Å². The van der Waals surface area contributed by atoms with Gasteiger partial charge in [-0.05, 0) is 31.2 Å². The van der Waals surface area contributed by atoms with Gasteiger partial charge in [0, 0.05) is 36.1 Å². The molecule has 0 saturated carbocycles. The zero-order valence-electron chi connectivity index (χ0n) is 15.0. The summed E-state index contributed by atoms with van der Waals surface area (Å²) in [5.74, 6) is -0.106. The van der Waals surface area contributed by atoms with Gasteiger partial charge in [-0.2, -0.15) is 10.4 Å². The monoisotopic (exact) mass is 377 g/mol. The first-order chi connectivity index (χ1) is 13.6. The number of carbonyl (C=O) groups is 1. The molecule has 3 aromatic rings. The van der Waals surface area contributed by atoms with Crippen molar-refractivity contribution in [3.8, 4) is 17.6 Å². The molecule has 0 radical (unpaired) electrons. The Labute approximate surface area is 160 Å². The predicted molar refractivity (Wildman–Crippen MR) is 98.5 cm³/mol. The van der Waals surface area contributed by atoms with E-state index in [2.05, 4.69) is 25.5 Å². The minimum atomic E-state index is -0.623. The van der Waals surface area contributed by atoms with Crippen molar-refractivity contribution in [3.63, 3.8) is 0 Å². The van der Waals surface area contributed by atoms with Gasteiger partial charge in [-0.1, -0.05) is 0 Å². The molecule has 3 heterocycles. The van der Waals surface area contributed by atoms with Crippen LogP contribution < -0.4 is 5.32 Å². The van der Waals surface area contributed by atoms with Crippen molar-refractivity contribution in [2.75, 3.05) is 5.32 Å². The number of benzene rings is 1. The van der Waals surface area contributed by atoms with E-state index in [0.717, 1.165) is 17.3 Å². The number of hydrogen-bond donors (Lipinski definition) is 2. The summed E-state index contributed by atoms with van der Waals surface area (Å²) in [7, 11) is 0. The number of anilines is 1. The first kappa shape index (κ1) is 17.6. The van der Waals surface area contributed by atoms with Crippen LogP contribution in [-0.4, -0.2) is 37.1 Å². The number of rotatable bonds is 2. The second-order valence-electron chi connectivity index (χ2n) is 6.51. The lowest BCUT2D eigenvalue weighted by atomic mass is 9.99. The molecule has 9 heteroatoms. The number of hydrogen-bond acceptors (Lipinski definition) is 5. The number of H-pyrrole nitrogens is 1. The summed E-state index contributed by atoms with van der Waals surface area (Å²) in [6, 6.07) is 6.97. The summed E-state index contributed by atoms with van der Waals surface area (Å²) in [6.45, 7) is 2.26. The molecule has 0 fully saturated rings. The van der Waals surface area contributed by atoms with E-state index < -0.39 is 5.82 Å². The van der Waals surface area contributed by atoms with Crippen molar-refractivity contribution in [1.82, 2.24) is 25.1 Å². The lowest BCUT2D eigenvalue weighted by Crippen LogP contribution is -2.44. The zero-order valence-corrected chi connectivity index (χ0v) is 15.0. The summed E-state index contributed by atoms with van der Waals surface area (Å²) < 4.78 is 13.5. The van der Waals surface area contributed by atoms with Crippen molar-refractivity contribution in [3.05, 3.63) is 59.3 Å². The topological polar surface area (TPSA) is 111 Å². The molecule has 0 spiro atoms. The van der Waals surface area contributed by atoms with Gasteiger partial charge in [0.05, 0.1) is 17.8 Å². The maximum Gasteiger partial charge on any atom is 0.322 e. The molecule has 1 aliphatic rings. The van der Waals surface area contributed by atoms with E-state index in [1.165, 1.54) is 12.1 Å².